The number of carbonyl (C=O) groups excluding carboxylic acids is 1. The summed E-state index contributed by atoms with van der Waals surface area (Å²) < 4.78 is 6.02. The van der Waals surface area contributed by atoms with Crippen LogP contribution in [0, 0.1) is 6.92 Å². The van der Waals surface area contributed by atoms with E-state index in [2.05, 4.69) is 0 Å². The van der Waals surface area contributed by atoms with E-state index in [1.54, 1.807) is 29.2 Å². The largest absolute Gasteiger partial charge is 0.439 e. The highest BCUT2D eigenvalue weighted by Crippen LogP contribution is 2.32. The van der Waals surface area contributed by atoms with Crippen molar-refractivity contribution < 1.29 is 9.21 Å². The van der Waals surface area contributed by atoms with Gasteiger partial charge in [-0.05, 0) is 48.9 Å². The van der Waals surface area contributed by atoms with Gasteiger partial charge in [-0.3, -0.25) is 9.59 Å². The predicted octanol–water partition coefficient (Wildman–Crippen LogP) is 3.84. The van der Waals surface area contributed by atoms with Gasteiger partial charge in [0.2, 0.25) is 11.3 Å². The molecule has 2 aromatic carbocycles. The van der Waals surface area contributed by atoms with E-state index in [9.17, 15) is 9.59 Å². The molecule has 0 bridgehead atoms. The Kier molecular flexibility index (Phi) is 3.31. The van der Waals surface area contributed by atoms with Gasteiger partial charge in [0.15, 0.2) is 5.78 Å². The van der Waals surface area contributed by atoms with Gasteiger partial charge in [0.1, 0.15) is 5.58 Å². The number of fused-ring (bicyclic) bond motifs is 2. The summed E-state index contributed by atoms with van der Waals surface area (Å²) >= 11 is 0. The van der Waals surface area contributed by atoms with Gasteiger partial charge in [0, 0.05) is 5.69 Å². The Labute approximate surface area is 138 Å². The Morgan fingerprint density at radius 3 is 2.67 bits per heavy atom. The molecular weight excluding hydrogens is 302 g/mol. The first-order chi connectivity index (χ1) is 11.6. The lowest BCUT2D eigenvalue weighted by atomic mass is 10.1. The fourth-order valence-corrected chi connectivity index (χ4v) is 2.95. The molecule has 0 fully saturated rings. The number of hydrogen-bond acceptors (Lipinski definition) is 4. The van der Waals surface area contributed by atoms with Gasteiger partial charge >= 0.3 is 0 Å². The van der Waals surface area contributed by atoms with Crippen LogP contribution in [0.15, 0.2) is 63.8 Å². The first-order valence-electron chi connectivity index (χ1n) is 7.74. The molecule has 24 heavy (non-hydrogen) atoms. The van der Waals surface area contributed by atoms with Crippen molar-refractivity contribution in [2.45, 2.75) is 6.92 Å². The molecule has 4 heteroatoms. The number of ketones is 1. The normalized spacial score (nSPS) is 13.9. The van der Waals surface area contributed by atoms with Crippen molar-refractivity contribution in [2.24, 2.45) is 0 Å². The van der Waals surface area contributed by atoms with E-state index in [4.69, 9.17) is 4.42 Å². The van der Waals surface area contributed by atoms with E-state index in [1.165, 1.54) is 6.08 Å². The Balaban J connectivity index is 2.03. The fraction of sp³-hybridized carbons (Fsp3) is 0.100. The smallest absolute Gasteiger partial charge is 0.212 e. The van der Waals surface area contributed by atoms with Crippen LogP contribution in [0.2, 0.25) is 0 Å². The van der Waals surface area contributed by atoms with Crippen molar-refractivity contribution >= 4 is 34.4 Å². The number of carbonyl (C=O) groups is 1. The van der Waals surface area contributed by atoms with Gasteiger partial charge in [-0.25, -0.2) is 0 Å². The minimum Gasteiger partial charge on any atom is -0.439 e. The van der Waals surface area contributed by atoms with Crippen molar-refractivity contribution in [3.8, 4) is 0 Å². The Morgan fingerprint density at radius 2 is 1.83 bits per heavy atom. The predicted molar refractivity (Wildman–Crippen MR) is 94.7 cm³/mol. The quantitative estimate of drug-likeness (QED) is 0.684. The second-order valence-electron chi connectivity index (χ2n) is 5.87. The maximum atomic E-state index is 12.8. The molecule has 0 N–H and O–H groups in total. The standard InChI is InChI=1S/C20H15NO3/c1-13-5-4-6-14(11-13)21-12-15(22)9-10-17-19(23)16-7-2-3-8-18(16)24-20(17)21/h2-11H,12H2,1H3. The Hall–Kier alpha value is -3.14. The number of anilines is 2. The molecule has 0 saturated carbocycles. The highest BCUT2D eigenvalue weighted by atomic mass is 16.4. The van der Waals surface area contributed by atoms with Crippen LogP contribution < -0.4 is 10.3 Å². The summed E-state index contributed by atoms with van der Waals surface area (Å²) in [7, 11) is 0. The molecular formula is C20H15NO3. The summed E-state index contributed by atoms with van der Waals surface area (Å²) in [5, 5.41) is 0.513. The molecule has 0 amide bonds. The third-order valence-electron chi connectivity index (χ3n) is 4.12. The van der Waals surface area contributed by atoms with Crippen LogP contribution in [0.5, 0.6) is 0 Å². The van der Waals surface area contributed by atoms with Gasteiger partial charge in [0.25, 0.3) is 0 Å². The van der Waals surface area contributed by atoms with Crippen molar-refractivity contribution in [2.75, 3.05) is 11.4 Å². The Bertz CT molecular complexity index is 1050. The molecule has 1 aliphatic rings. The molecule has 0 saturated heterocycles. The molecule has 0 radical (unpaired) electrons. The second-order valence-corrected chi connectivity index (χ2v) is 5.87. The summed E-state index contributed by atoms with van der Waals surface area (Å²) in [6.07, 6.45) is 3.01. The van der Waals surface area contributed by atoms with Crippen LogP contribution in [-0.2, 0) is 4.79 Å². The molecule has 118 valence electrons. The first-order valence-corrected chi connectivity index (χ1v) is 7.74. The van der Waals surface area contributed by atoms with Crippen LogP contribution in [0.25, 0.3) is 17.0 Å². The van der Waals surface area contributed by atoms with E-state index in [1.807, 2.05) is 37.3 Å². The first kappa shape index (κ1) is 14.5. The molecule has 0 aliphatic carbocycles. The summed E-state index contributed by atoms with van der Waals surface area (Å²) in [6, 6.07) is 14.9. The number of benzene rings is 2. The minimum atomic E-state index is -0.129. The summed E-state index contributed by atoms with van der Waals surface area (Å²) in [5.41, 5.74) is 2.69. The van der Waals surface area contributed by atoms with Gasteiger partial charge in [-0.2, -0.15) is 0 Å². The highest BCUT2D eigenvalue weighted by molar-refractivity contribution is 6.01. The lowest BCUT2D eigenvalue weighted by Gasteiger charge is -2.23. The molecule has 1 aliphatic heterocycles. The van der Waals surface area contributed by atoms with Gasteiger partial charge in [-0.1, -0.05) is 24.3 Å². The number of hydrogen-bond donors (Lipinski definition) is 0. The number of rotatable bonds is 1. The SMILES string of the molecule is Cc1cccc(N2CC(=O)C=Cc3c2oc2ccccc2c3=O)c1. The number of para-hydroxylation sites is 1. The summed E-state index contributed by atoms with van der Waals surface area (Å²) in [5.74, 6) is 0.331. The molecule has 3 aromatic rings. The minimum absolute atomic E-state index is 0.0774. The summed E-state index contributed by atoms with van der Waals surface area (Å²) in [6.45, 7) is 2.12. The van der Waals surface area contributed by atoms with Gasteiger partial charge in [0.05, 0.1) is 17.5 Å². The fourth-order valence-electron chi connectivity index (χ4n) is 2.95. The van der Waals surface area contributed by atoms with Crippen LogP contribution in [0.4, 0.5) is 11.6 Å². The molecule has 4 nitrogen and oxygen atoms in total. The average Bonchev–Trinajstić information content (AvgIpc) is 2.75. The van der Waals surface area contributed by atoms with Crippen LogP contribution in [-0.4, -0.2) is 12.3 Å². The monoisotopic (exact) mass is 317 g/mol. The van der Waals surface area contributed by atoms with E-state index >= 15 is 0 Å². The zero-order chi connectivity index (χ0) is 16.7. The van der Waals surface area contributed by atoms with Crippen LogP contribution in [0.1, 0.15) is 11.1 Å². The topological polar surface area (TPSA) is 50.5 Å². The van der Waals surface area contributed by atoms with Gasteiger partial charge < -0.3 is 9.32 Å². The second kappa shape index (κ2) is 5.49. The Morgan fingerprint density at radius 1 is 1.00 bits per heavy atom. The van der Waals surface area contributed by atoms with E-state index in [-0.39, 0.29) is 17.8 Å². The highest BCUT2D eigenvalue weighted by Gasteiger charge is 2.24. The van der Waals surface area contributed by atoms with Crippen LogP contribution in [0.3, 0.4) is 0 Å². The average molecular weight is 317 g/mol. The zero-order valence-corrected chi connectivity index (χ0v) is 13.2. The molecule has 4 rings (SSSR count). The molecule has 0 spiro atoms. The van der Waals surface area contributed by atoms with E-state index in [0.717, 1.165) is 11.3 Å². The third kappa shape index (κ3) is 2.33. The summed E-state index contributed by atoms with van der Waals surface area (Å²) in [4.78, 5) is 26.7. The maximum absolute atomic E-state index is 12.8. The molecule has 0 unspecified atom stereocenters. The van der Waals surface area contributed by atoms with Crippen molar-refractivity contribution in [1.82, 2.24) is 0 Å². The van der Waals surface area contributed by atoms with E-state index < -0.39 is 0 Å². The van der Waals surface area contributed by atoms with Crippen molar-refractivity contribution in [3.05, 3.63) is 76.0 Å². The molecule has 0 atom stereocenters. The van der Waals surface area contributed by atoms with E-state index in [0.29, 0.717) is 22.4 Å². The van der Waals surface area contributed by atoms with Gasteiger partial charge in [-0.15, -0.1) is 0 Å². The zero-order valence-electron chi connectivity index (χ0n) is 13.2. The maximum Gasteiger partial charge on any atom is 0.212 e. The lowest BCUT2D eigenvalue weighted by Crippen LogP contribution is -2.25. The van der Waals surface area contributed by atoms with Crippen molar-refractivity contribution in [1.29, 1.82) is 0 Å². The molecule has 1 aromatic heterocycles. The number of aryl methyl sites for hydroxylation is 1. The lowest BCUT2D eigenvalue weighted by molar-refractivity contribution is -0.113. The molecule has 2 heterocycles. The third-order valence-corrected chi connectivity index (χ3v) is 4.12. The van der Waals surface area contributed by atoms with Crippen LogP contribution >= 0.6 is 0 Å². The number of nitrogens with zero attached hydrogens (tertiary/aromatic N) is 1. The van der Waals surface area contributed by atoms with Crippen molar-refractivity contribution in [3.63, 3.8) is 0 Å².